The molecule has 0 unspecified atom stereocenters. The normalized spacial score (nSPS) is 17.2. The fraction of sp³-hybridized carbons (Fsp3) is 0.391. The molecule has 178 valence electrons. The van der Waals surface area contributed by atoms with Crippen molar-refractivity contribution in [3.05, 3.63) is 70.0 Å². The molecule has 0 saturated carbocycles. The van der Waals surface area contributed by atoms with Crippen LogP contribution >= 0.6 is 11.6 Å². The van der Waals surface area contributed by atoms with E-state index < -0.39 is 11.9 Å². The number of carbonyl (C=O) groups excluding carboxylic acids is 1. The maximum atomic E-state index is 14.1. The van der Waals surface area contributed by atoms with Crippen molar-refractivity contribution >= 4 is 23.6 Å². The van der Waals surface area contributed by atoms with E-state index in [2.05, 4.69) is 30.8 Å². The standard InChI is InChI=1S/C23H25ClFN7O2/c24-18-2-1-14(9-19(18)25)21(16-11-27-28-12-16)31-23(33)32-6-3-15-10-26-22(30-20(15)13-32)29-17-4-7-34-8-5-17/h1-2,9-12,17,21H,3-8,13H2,(H,27,28)(H,31,33)(H,26,29,30)/t21-/m1/s1. The van der Waals surface area contributed by atoms with Crippen LogP contribution in [0.1, 0.15) is 41.3 Å². The highest BCUT2D eigenvalue weighted by molar-refractivity contribution is 6.30. The van der Waals surface area contributed by atoms with Gasteiger partial charge in [-0.3, -0.25) is 5.10 Å². The molecule has 4 heterocycles. The number of urea groups is 1. The van der Waals surface area contributed by atoms with Gasteiger partial charge in [-0.1, -0.05) is 17.7 Å². The summed E-state index contributed by atoms with van der Waals surface area (Å²) in [6.07, 6.45) is 7.59. The van der Waals surface area contributed by atoms with Gasteiger partial charge in [0, 0.05) is 43.8 Å². The summed E-state index contributed by atoms with van der Waals surface area (Å²) >= 11 is 5.85. The minimum atomic E-state index is -0.587. The molecule has 1 atom stereocenters. The van der Waals surface area contributed by atoms with Crippen LogP contribution in [-0.2, 0) is 17.7 Å². The maximum absolute atomic E-state index is 14.1. The van der Waals surface area contributed by atoms with Gasteiger partial charge >= 0.3 is 6.03 Å². The topological polar surface area (TPSA) is 108 Å². The largest absolute Gasteiger partial charge is 0.381 e. The summed E-state index contributed by atoms with van der Waals surface area (Å²) < 4.78 is 19.5. The van der Waals surface area contributed by atoms with E-state index in [0.29, 0.717) is 36.6 Å². The second-order valence-electron chi connectivity index (χ2n) is 8.46. The smallest absolute Gasteiger partial charge is 0.318 e. The third kappa shape index (κ3) is 4.97. The molecule has 3 aromatic rings. The molecule has 2 aromatic heterocycles. The fourth-order valence-corrected chi connectivity index (χ4v) is 4.37. The van der Waals surface area contributed by atoms with Gasteiger partial charge in [0.15, 0.2) is 0 Å². The molecule has 9 nitrogen and oxygen atoms in total. The summed E-state index contributed by atoms with van der Waals surface area (Å²) in [7, 11) is 0. The number of hydrogen-bond acceptors (Lipinski definition) is 6. The van der Waals surface area contributed by atoms with E-state index in [1.54, 1.807) is 23.4 Å². The molecule has 2 amide bonds. The Morgan fingerprint density at radius 3 is 2.88 bits per heavy atom. The van der Waals surface area contributed by atoms with Gasteiger partial charge in [-0.15, -0.1) is 0 Å². The minimum absolute atomic E-state index is 0.0264. The first-order valence-corrected chi connectivity index (χ1v) is 11.6. The highest BCUT2D eigenvalue weighted by Crippen LogP contribution is 2.26. The van der Waals surface area contributed by atoms with Crippen molar-refractivity contribution < 1.29 is 13.9 Å². The molecule has 0 radical (unpaired) electrons. The van der Waals surface area contributed by atoms with Gasteiger partial charge in [-0.25, -0.2) is 19.2 Å². The number of carbonyl (C=O) groups is 1. The summed E-state index contributed by atoms with van der Waals surface area (Å²) in [6, 6.07) is 3.92. The number of fused-ring (bicyclic) bond motifs is 1. The Morgan fingerprint density at radius 2 is 2.12 bits per heavy atom. The van der Waals surface area contributed by atoms with Crippen molar-refractivity contribution in [1.29, 1.82) is 0 Å². The van der Waals surface area contributed by atoms with Gasteiger partial charge in [-0.2, -0.15) is 5.10 Å². The predicted octanol–water partition coefficient (Wildman–Crippen LogP) is 3.44. The van der Waals surface area contributed by atoms with Gasteiger partial charge < -0.3 is 20.3 Å². The molecule has 2 aliphatic rings. The second-order valence-corrected chi connectivity index (χ2v) is 8.86. The zero-order valence-corrected chi connectivity index (χ0v) is 19.2. The van der Waals surface area contributed by atoms with Crippen molar-refractivity contribution in [2.24, 2.45) is 0 Å². The summed E-state index contributed by atoms with van der Waals surface area (Å²) in [5, 5.41) is 13.1. The van der Waals surface area contributed by atoms with Crippen LogP contribution in [0.2, 0.25) is 5.02 Å². The number of aromatic amines is 1. The molecule has 2 aliphatic heterocycles. The van der Waals surface area contributed by atoms with Crippen molar-refractivity contribution in [1.82, 2.24) is 30.4 Å². The average molecular weight is 486 g/mol. The van der Waals surface area contributed by atoms with Crippen molar-refractivity contribution in [3.8, 4) is 0 Å². The highest BCUT2D eigenvalue weighted by atomic mass is 35.5. The average Bonchev–Trinajstić information content (AvgIpc) is 3.39. The Bertz CT molecular complexity index is 1150. The number of rotatable bonds is 5. The zero-order valence-electron chi connectivity index (χ0n) is 18.4. The Kier molecular flexibility index (Phi) is 6.59. The van der Waals surface area contributed by atoms with Crippen LogP contribution in [0.4, 0.5) is 15.1 Å². The van der Waals surface area contributed by atoms with E-state index >= 15 is 0 Å². The van der Waals surface area contributed by atoms with Crippen molar-refractivity contribution in [2.75, 3.05) is 25.1 Å². The van der Waals surface area contributed by atoms with Gasteiger partial charge in [0.25, 0.3) is 0 Å². The summed E-state index contributed by atoms with van der Waals surface area (Å²) in [4.78, 5) is 24.1. The van der Waals surface area contributed by atoms with E-state index in [-0.39, 0.29) is 17.1 Å². The molecule has 0 spiro atoms. The Hall–Kier alpha value is -3.24. The Morgan fingerprint density at radius 1 is 1.26 bits per heavy atom. The SMILES string of the molecule is O=C(N[C@@H](c1cn[nH]c1)c1ccc(Cl)c(F)c1)N1CCc2cnc(NC3CCOCC3)nc2C1. The summed E-state index contributed by atoms with van der Waals surface area (Å²) in [5.41, 5.74) is 3.13. The molecular weight excluding hydrogens is 461 g/mol. The number of amides is 2. The first-order valence-electron chi connectivity index (χ1n) is 11.2. The lowest BCUT2D eigenvalue weighted by Gasteiger charge is -2.30. The maximum Gasteiger partial charge on any atom is 0.318 e. The van der Waals surface area contributed by atoms with Gasteiger partial charge in [0.2, 0.25) is 5.95 Å². The van der Waals surface area contributed by atoms with Crippen LogP contribution in [0, 0.1) is 5.82 Å². The number of H-pyrrole nitrogens is 1. The second kappa shape index (κ2) is 9.94. The molecule has 11 heteroatoms. The number of aromatic nitrogens is 4. The van der Waals surface area contributed by atoms with Gasteiger partial charge in [-0.05, 0) is 42.5 Å². The van der Waals surface area contributed by atoms with E-state index in [0.717, 1.165) is 37.3 Å². The predicted molar refractivity (Wildman–Crippen MR) is 124 cm³/mol. The third-order valence-electron chi connectivity index (χ3n) is 6.19. The Balaban J connectivity index is 1.30. The van der Waals surface area contributed by atoms with Crippen LogP contribution in [0.5, 0.6) is 0 Å². The molecule has 5 rings (SSSR count). The molecule has 1 fully saturated rings. The van der Waals surface area contributed by atoms with Gasteiger partial charge in [0.1, 0.15) is 5.82 Å². The zero-order chi connectivity index (χ0) is 23.5. The summed E-state index contributed by atoms with van der Waals surface area (Å²) in [5.74, 6) is 0.0240. The Labute approximate surface area is 201 Å². The minimum Gasteiger partial charge on any atom is -0.381 e. The van der Waals surface area contributed by atoms with Crippen LogP contribution in [0.25, 0.3) is 0 Å². The van der Waals surface area contributed by atoms with E-state index in [1.807, 2.05) is 6.20 Å². The number of halogens is 2. The van der Waals surface area contributed by atoms with Crippen molar-refractivity contribution in [2.45, 2.75) is 37.9 Å². The summed E-state index contributed by atoms with van der Waals surface area (Å²) in [6.45, 7) is 2.35. The van der Waals surface area contributed by atoms with Crippen LogP contribution in [0.3, 0.4) is 0 Å². The number of ether oxygens (including phenoxy) is 1. The number of nitrogens with one attached hydrogen (secondary N) is 3. The molecule has 0 bridgehead atoms. The lowest BCUT2D eigenvalue weighted by molar-refractivity contribution is 0.0903. The number of hydrogen-bond donors (Lipinski definition) is 3. The first-order chi connectivity index (χ1) is 16.6. The van der Waals surface area contributed by atoms with E-state index in [4.69, 9.17) is 16.3 Å². The third-order valence-corrected chi connectivity index (χ3v) is 6.49. The van der Waals surface area contributed by atoms with Gasteiger partial charge in [0.05, 0.1) is 29.5 Å². The molecule has 3 N–H and O–H groups in total. The van der Waals surface area contributed by atoms with Crippen LogP contribution in [-0.4, -0.2) is 56.9 Å². The lowest BCUT2D eigenvalue weighted by Crippen LogP contribution is -2.44. The van der Waals surface area contributed by atoms with Crippen LogP contribution in [0.15, 0.2) is 36.8 Å². The van der Waals surface area contributed by atoms with E-state index in [1.165, 1.54) is 12.1 Å². The molecule has 1 saturated heterocycles. The molecular formula is C23H25ClFN7O2. The number of benzene rings is 1. The van der Waals surface area contributed by atoms with E-state index in [9.17, 15) is 9.18 Å². The quantitative estimate of drug-likeness (QED) is 0.511. The molecule has 0 aliphatic carbocycles. The molecule has 34 heavy (non-hydrogen) atoms. The first kappa shape index (κ1) is 22.5. The number of nitrogens with zero attached hydrogens (tertiary/aromatic N) is 4. The fourth-order valence-electron chi connectivity index (χ4n) is 4.26. The lowest BCUT2D eigenvalue weighted by atomic mass is 10.0. The number of anilines is 1. The van der Waals surface area contributed by atoms with Crippen LogP contribution < -0.4 is 10.6 Å². The molecule has 1 aromatic carbocycles. The monoisotopic (exact) mass is 485 g/mol. The van der Waals surface area contributed by atoms with Crippen molar-refractivity contribution in [3.63, 3.8) is 0 Å². The highest BCUT2D eigenvalue weighted by Gasteiger charge is 2.27.